The van der Waals surface area contributed by atoms with Gasteiger partial charge in [-0.1, -0.05) is 17.7 Å². The van der Waals surface area contributed by atoms with E-state index in [-0.39, 0.29) is 16.6 Å². The molecule has 0 radical (unpaired) electrons. The third-order valence-corrected chi connectivity index (χ3v) is 4.97. The van der Waals surface area contributed by atoms with E-state index in [0.29, 0.717) is 32.0 Å². The van der Waals surface area contributed by atoms with E-state index in [4.69, 9.17) is 11.6 Å². The monoisotopic (exact) mass is 366 g/mol. The van der Waals surface area contributed by atoms with Crippen molar-refractivity contribution in [2.45, 2.75) is 6.42 Å². The number of nitrogens with zero attached hydrogens (tertiary/aromatic N) is 4. The molecule has 1 aliphatic rings. The maximum Gasteiger partial charge on any atom is 0.289 e. The standard InChI is InChI=1S/C15H15ClN4O3S/c16-12-9-11(20(22)23)10-17-14(12)18-4-2-5-19(7-6-18)15(21)13-3-1-8-24-13/h1,3,8-10H,2,4-7H2. The van der Waals surface area contributed by atoms with Gasteiger partial charge in [-0.3, -0.25) is 14.9 Å². The molecule has 9 heteroatoms. The summed E-state index contributed by atoms with van der Waals surface area (Å²) in [7, 11) is 0. The molecule has 3 rings (SSSR count). The van der Waals surface area contributed by atoms with Crippen LogP contribution in [0.15, 0.2) is 29.8 Å². The minimum Gasteiger partial charge on any atom is -0.354 e. The van der Waals surface area contributed by atoms with Crippen molar-refractivity contribution in [2.75, 3.05) is 31.1 Å². The molecule has 1 aliphatic heterocycles. The quantitative estimate of drug-likeness (QED) is 0.616. The molecule has 2 aromatic heterocycles. The SMILES string of the molecule is O=C(c1cccs1)N1CCCN(c2ncc([N+](=O)[O-])cc2Cl)CC1. The zero-order valence-electron chi connectivity index (χ0n) is 12.7. The Morgan fingerprint density at radius 2 is 2.17 bits per heavy atom. The minimum atomic E-state index is -0.521. The van der Waals surface area contributed by atoms with E-state index in [9.17, 15) is 14.9 Å². The number of carbonyl (C=O) groups is 1. The van der Waals surface area contributed by atoms with Crippen LogP contribution >= 0.6 is 22.9 Å². The van der Waals surface area contributed by atoms with Crippen LogP contribution < -0.4 is 4.90 Å². The molecule has 0 aromatic carbocycles. The van der Waals surface area contributed by atoms with Crippen LogP contribution in [0.5, 0.6) is 0 Å². The van der Waals surface area contributed by atoms with E-state index >= 15 is 0 Å². The summed E-state index contributed by atoms with van der Waals surface area (Å²) in [6.07, 6.45) is 1.99. The maximum absolute atomic E-state index is 12.4. The summed E-state index contributed by atoms with van der Waals surface area (Å²) in [5, 5.41) is 12.9. The van der Waals surface area contributed by atoms with Crippen molar-refractivity contribution in [3.8, 4) is 0 Å². The largest absolute Gasteiger partial charge is 0.354 e. The first-order valence-corrected chi connectivity index (χ1v) is 8.69. The maximum atomic E-state index is 12.4. The summed E-state index contributed by atoms with van der Waals surface area (Å²) in [4.78, 5) is 31.4. The Morgan fingerprint density at radius 1 is 1.33 bits per heavy atom. The Morgan fingerprint density at radius 3 is 2.83 bits per heavy atom. The van der Waals surface area contributed by atoms with Gasteiger partial charge >= 0.3 is 0 Å². The Hall–Kier alpha value is -2.19. The first kappa shape index (κ1) is 16.7. The van der Waals surface area contributed by atoms with E-state index in [2.05, 4.69) is 4.98 Å². The average molecular weight is 367 g/mol. The highest BCUT2D eigenvalue weighted by molar-refractivity contribution is 7.12. The van der Waals surface area contributed by atoms with Crippen molar-refractivity contribution < 1.29 is 9.72 Å². The van der Waals surface area contributed by atoms with Crippen molar-refractivity contribution in [3.63, 3.8) is 0 Å². The minimum absolute atomic E-state index is 0.0367. The number of carbonyl (C=O) groups excluding carboxylic acids is 1. The van der Waals surface area contributed by atoms with Crippen LogP contribution in [0.3, 0.4) is 0 Å². The first-order chi connectivity index (χ1) is 11.6. The molecule has 24 heavy (non-hydrogen) atoms. The zero-order valence-corrected chi connectivity index (χ0v) is 14.3. The zero-order chi connectivity index (χ0) is 17.1. The number of pyridine rings is 1. The van der Waals surface area contributed by atoms with Crippen LogP contribution in [0, 0.1) is 10.1 Å². The molecule has 0 atom stereocenters. The van der Waals surface area contributed by atoms with Crippen LogP contribution in [0.25, 0.3) is 0 Å². The molecule has 2 aromatic rings. The molecule has 1 fully saturated rings. The van der Waals surface area contributed by atoms with Gasteiger partial charge in [0.25, 0.3) is 11.6 Å². The van der Waals surface area contributed by atoms with Gasteiger partial charge in [0.1, 0.15) is 12.0 Å². The van der Waals surface area contributed by atoms with Gasteiger partial charge in [-0.15, -0.1) is 11.3 Å². The number of aromatic nitrogens is 1. The summed E-state index contributed by atoms with van der Waals surface area (Å²) in [5.74, 6) is 0.558. The summed E-state index contributed by atoms with van der Waals surface area (Å²) in [6, 6.07) is 5.00. The summed E-state index contributed by atoms with van der Waals surface area (Å²) in [5.41, 5.74) is -0.131. The van der Waals surface area contributed by atoms with Crippen LogP contribution in [-0.4, -0.2) is 46.9 Å². The average Bonchev–Trinajstić information content (AvgIpc) is 2.99. The number of nitro groups is 1. The van der Waals surface area contributed by atoms with Crippen molar-refractivity contribution in [2.24, 2.45) is 0 Å². The summed E-state index contributed by atoms with van der Waals surface area (Å²) >= 11 is 7.59. The van der Waals surface area contributed by atoms with E-state index in [0.717, 1.165) is 11.3 Å². The van der Waals surface area contributed by atoms with Gasteiger partial charge in [-0.05, 0) is 17.9 Å². The van der Waals surface area contributed by atoms with Gasteiger partial charge < -0.3 is 9.80 Å². The lowest BCUT2D eigenvalue weighted by atomic mass is 10.3. The topological polar surface area (TPSA) is 79.6 Å². The van der Waals surface area contributed by atoms with Crippen LogP contribution in [0.2, 0.25) is 5.02 Å². The van der Waals surface area contributed by atoms with Gasteiger partial charge in [-0.2, -0.15) is 0 Å². The molecule has 1 saturated heterocycles. The van der Waals surface area contributed by atoms with Gasteiger partial charge in [0.05, 0.1) is 14.8 Å². The Kier molecular flexibility index (Phi) is 4.96. The highest BCUT2D eigenvalue weighted by atomic mass is 35.5. The molecule has 7 nitrogen and oxygen atoms in total. The van der Waals surface area contributed by atoms with Crippen molar-refractivity contribution in [1.29, 1.82) is 0 Å². The molecule has 0 aliphatic carbocycles. The molecular formula is C15H15ClN4O3S. The number of anilines is 1. The second-order valence-corrected chi connectivity index (χ2v) is 6.72. The van der Waals surface area contributed by atoms with Gasteiger partial charge in [-0.25, -0.2) is 4.98 Å². The van der Waals surface area contributed by atoms with E-state index < -0.39 is 4.92 Å². The Labute approximate surface area is 147 Å². The fraction of sp³-hybridized carbons (Fsp3) is 0.333. The third-order valence-electron chi connectivity index (χ3n) is 3.83. The normalized spacial score (nSPS) is 15.2. The Balaban J connectivity index is 1.72. The first-order valence-electron chi connectivity index (χ1n) is 7.44. The van der Waals surface area contributed by atoms with Gasteiger partial charge in [0.15, 0.2) is 0 Å². The van der Waals surface area contributed by atoms with Crippen molar-refractivity contribution in [1.82, 2.24) is 9.88 Å². The summed E-state index contributed by atoms with van der Waals surface area (Å²) in [6.45, 7) is 2.50. The van der Waals surface area contributed by atoms with Gasteiger partial charge in [0.2, 0.25) is 0 Å². The van der Waals surface area contributed by atoms with E-state index in [1.165, 1.54) is 23.6 Å². The van der Waals surface area contributed by atoms with E-state index in [1.54, 1.807) is 0 Å². The molecule has 1 amide bonds. The lowest BCUT2D eigenvalue weighted by Crippen LogP contribution is -2.35. The predicted molar refractivity (Wildman–Crippen MR) is 93.0 cm³/mol. The second-order valence-electron chi connectivity index (χ2n) is 5.37. The smallest absolute Gasteiger partial charge is 0.289 e. The molecule has 3 heterocycles. The third kappa shape index (κ3) is 3.49. The fourth-order valence-corrected chi connectivity index (χ4v) is 3.61. The van der Waals surface area contributed by atoms with Gasteiger partial charge in [0, 0.05) is 32.2 Å². The lowest BCUT2D eigenvalue weighted by Gasteiger charge is -2.23. The van der Waals surface area contributed by atoms with Crippen molar-refractivity contribution >= 4 is 40.4 Å². The molecule has 0 saturated carbocycles. The number of rotatable bonds is 3. The molecule has 0 N–H and O–H groups in total. The highest BCUT2D eigenvalue weighted by Crippen LogP contribution is 2.28. The molecule has 0 bridgehead atoms. The number of halogens is 1. The number of hydrogen-bond donors (Lipinski definition) is 0. The highest BCUT2D eigenvalue weighted by Gasteiger charge is 2.23. The number of amides is 1. The summed E-state index contributed by atoms with van der Waals surface area (Å²) < 4.78 is 0. The predicted octanol–water partition coefficient (Wildman–Crippen LogP) is 3.06. The lowest BCUT2D eigenvalue weighted by molar-refractivity contribution is -0.385. The van der Waals surface area contributed by atoms with Crippen LogP contribution in [-0.2, 0) is 0 Å². The van der Waals surface area contributed by atoms with Crippen LogP contribution in [0.1, 0.15) is 16.1 Å². The number of thiophene rings is 1. The molecule has 0 unspecified atom stereocenters. The second kappa shape index (κ2) is 7.14. The van der Waals surface area contributed by atoms with Crippen molar-refractivity contribution in [3.05, 3.63) is 49.8 Å². The molecule has 126 valence electrons. The number of hydrogen-bond acceptors (Lipinski definition) is 6. The molecule has 0 spiro atoms. The fourth-order valence-electron chi connectivity index (χ4n) is 2.64. The van der Waals surface area contributed by atoms with Crippen LogP contribution in [0.4, 0.5) is 11.5 Å². The molecular weight excluding hydrogens is 352 g/mol. The van der Waals surface area contributed by atoms with E-state index in [1.807, 2.05) is 27.3 Å². The Bertz CT molecular complexity index is 753.